The molecule has 0 spiro atoms. The van der Waals surface area contributed by atoms with E-state index in [4.69, 9.17) is 0 Å². The smallest absolute Gasteiger partial charge is 0.0641 e. The molecule has 12 rings (SSSR count). The molecule has 3 heterocycles. The summed E-state index contributed by atoms with van der Waals surface area (Å²) >= 11 is 0. The van der Waals surface area contributed by atoms with Gasteiger partial charge in [0.05, 0.1) is 38.8 Å². The molecule has 0 fully saturated rings. The molecule has 12 aromatic rings. The Morgan fingerprint density at radius 1 is 0.273 bits per heavy atom. The first kappa shape index (κ1) is 30.1. The summed E-state index contributed by atoms with van der Waals surface area (Å²) in [6.45, 7) is 0. The first-order valence-corrected chi connectivity index (χ1v) is 18.9. The number of rotatable bonds is 4. The lowest BCUT2D eigenvalue weighted by atomic mass is 10.0. The Morgan fingerprint density at radius 3 is 1.65 bits per heavy atom. The average molecular weight is 700 g/mol. The van der Waals surface area contributed by atoms with Gasteiger partial charge in [0.2, 0.25) is 0 Å². The molecule has 256 valence electrons. The van der Waals surface area contributed by atoms with Gasteiger partial charge in [-0.2, -0.15) is 0 Å². The van der Waals surface area contributed by atoms with Crippen molar-refractivity contribution in [2.75, 3.05) is 0 Å². The van der Waals surface area contributed by atoms with E-state index in [1.54, 1.807) is 0 Å². The van der Waals surface area contributed by atoms with Crippen LogP contribution in [-0.2, 0) is 0 Å². The van der Waals surface area contributed by atoms with E-state index in [1.807, 2.05) is 0 Å². The molecule has 3 aromatic heterocycles. The van der Waals surface area contributed by atoms with Gasteiger partial charge in [-0.15, -0.1) is 0 Å². The van der Waals surface area contributed by atoms with Crippen LogP contribution in [0.4, 0.5) is 0 Å². The van der Waals surface area contributed by atoms with Crippen molar-refractivity contribution < 1.29 is 0 Å². The summed E-state index contributed by atoms with van der Waals surface area (Å²) in [6, 6.07) is 73.2. The second-order valence-corrected chi connectivity index (χ2v) is 14.5. The molecule has 0 saturated heterocycles. The summed E-state index contributed by atoms with van der Waals surface area (Å²) in [6.07, 6.45) is 0. The van der Waals surface area contributed by atoms with Gasteiger partial charge in [-0.1, -0.05) is 140 Å². The molecule has 0 aliphatic carbocycles. The standard InChI is InChI=1S/C52H33N3/c1-2-17-37(18-3-1)54-46-24-9-7-22-41(46)43-30-31-49-51(52(43)54)44-23-8-11-26-48(44)53(49)38-19-12-16-35(32-38)36-28-29-42-40-21-6-10-25-47(40)55(50(42)33-36)45-27-13-15-34-14-4-5-20-39(34)45/h1-33H. The van der Waals surface area contributed by atoms with Crippen molar-refractivity contribution in [3.8, 4) is 28.2 Å². The number of fused-ring (bicyclic) bond motifs is 11. The van der Waals surface area contributed by atoms with Crippen molar-refractivity contribution >= 4 is 76.2 Å². The lowest BCUT2D eigenvalue weighted by Crippen LogP contribution is -1.96. The molecule has 3 heteroatoms. The molecule has 0 aliphatic rings. The highest BCUT2D eigenvalue weighted by Gasteiger charge is 2.21. The van der Waals surface area contributed by atoms with Crippen LogP contribution < -0.4 is 0 Å². The Hall–Kier alpha value is -7.36. The normalized spacial score (nSPS) is 12.0. The molecular weight excluding hydrogens is 667 g/mol. The first-order valence-electron chi connectivity index (χ1n) is 18.9. The topological polar surface area (TPSA) is 14.8 Å². The predicted octanol–water partition coefficient (Wildman–Crippen LogP) is 13.8. The van der Waals surface area contributed by atoms with Crippen LogP contribution in [0.3, 0.4) is 0 Å². The van der Waals surface area contributed by atoms with Crippen LogP contribution in [-0.4, -0.2) is 13.7 Å². The summed E-state index contributed by atoms with van der Waals surface area (Å²) in [5.74, 6) is 0. The maximum absolute atomic E-state index is 2.45. The second kappa shape index (κ2) is 11.6. The molecule has 0 amide bonds. The summed E-state index contributed by atoms with van der Waals surface area (Å²) in [5.41, 5.74) is 13.1. The largest absolute Gasteiger partial charge is 0.309 e. The zero-order chi connectivity index (χ0) is 36.0. The zero-order valence-corrected chi connectivity index (χ0v) is 29.9. The quantitative estimate of drug-likeness (QED) is 0.174. The van der Waals surface area contributed by atoms with Crippen molar-refractivity contribution in [2.24, 2.45) is 0 Å². The van der Waals surface area contributed by atoms with Gasteiger partial charge in [0, 0.05) is 49.1 Å². The number of hydrogen-bond donors (Lipinski definition) is 0. The van der Waals surface area contributed by atoms with Gasteiger partial charge in [-0.25, -0.2) is 0 Å². The number of para-hydroxylation sites is 4. The van der Waals surface area contributed by atoms with E-state index in [-0.39, 0.29) is 0 Å². The van der Waals surface area contributed by atoms with Gasteiger partial charge in [-0.3, -0.25) is 0 Å². The van der Waals surface area contributed by atoms with Crippen molar-refractivity contribution in [3.05, 3.63) is 200 Å². The maximum Gasteiger partial charge on any atom is 0.0641 e. The molecule has 0 aliphatic heterocycles. The minimum absolute atomic E-state index is 1.14. The molecule has 0 saturated carbocycles. The van der Waals surface area contributed by atoms with Crippen LogP contribution in [0.5, 0.6) is 0 Å². The first-order chi connectivity index (χ1) is 27.3. The van der Waals surface area contributed by atoms with Crippen molar-refractivity contribution in [1.29, 1.82) is 0 Å². The Morgan fingerprint density at radius 2 is 0.836 bits per heavy atom. The molecular formula is C52H33N3. The maximum atomic E-state index is 2.45. The lowest BCUT2D eigenvalue weighted by molar-refractivity contribution is 1.17. The van der Waals surface area contributed by atoms with E-state index in [2.05, 4.69) is 214 Å². The molecule has 0 atom stereocenters. The number of hydrogen-bond acceptors (Lipinski definition) is 0. The number of nitrogens with zero attached hydrogens (tertiary/aromatic N) is 3. The van der Waals surface area contributed by atoms with Crippen molar-refractivity contribution in [3.63, 3.8) is 0 Å². The van der Waals surface area contributed by atoms with Gasteiger partial charge < -0.3 is 13.7 Å². The van der Waals surface area contributed by atoms with Crippen LogP contribution in [0, 0.1) is 0 Å². The Balaban J connectivity index is 1.10. The highest BCUT2D eigenvalue weighted by Crippen LogP contribution is 2.43. The fraction of sp³-hybridized carbons (Fsp3) is 0. The van der Waals surface area contributed by atoms with E-state index in [1.165, 1.54) is 93.0 Å². The molecule has 0 bridgehead atoms. The average Bonchev–Trinajstić information content (AvgIpc) is 3.89. The van der Waals surface area contributed by atoms with Crippen molar-refractivity contribution in [1.82, 2.24) is 13.7 Å². The molecule has 0 unspecified atom stereocenters. The molecule has 0 radical (unpaired) electrons. The fourth-order valence-electron chi connectivity index (χ4n) is 9.27. The van der Waals surface area contributed by atoms with Crippen LogP contribution in [0.2, 0.25) is 0 Å². The fourth-order valence-corrected chi connectivity index (χ4v) is 9.27. The summed E-state index contributed by atoms with van der Waals surface area (Å²) in [4.78, 5) is 0. The summed E-state index contributed by atoms with van der Waals surface area (Å²) in [7, 11) is 0. The third-order valence-corrected chi connectivity index (χ3v) is 11.6. The van der Waals surface area contributed by atoms with E-state index in [0.717, 1.165) is 11.4 Å². The Kier molecular flexibility index (Phi) is 6.34. The van der Waals surface area contributed by atoms with Crippen molar-refractivity contribution in [2.45, 2.75) is 0 Å². The number of benzene rings is 9. The minimum atomic E-state index is 1.14. The van der Waals surface area contributed by atoms with Crippen LogP contribution in [0.25, 0.3) is 104 Å². The van der Waals surface area contributed by atoms with E-state index in [0.29, 0.717) is 0 Å². The number of aromatic nitrogens is 3. The van der Waals surface area contributed by atoms with E-state index in [9.17, 15) is 0 Å². The summed E-state index contributed by atoms with van der Waals surface area (Å²) in [5, 5.41) is 10.0. The lowest BCUT2D eigenvalue weighted by Gasteiger charge is -2.13. The third-order valence-electron chi connectivity index (χ3n) is 11.6. The van der Waals surface area contributed by atoms with Gasteiger partial charge in [0.15, 0.2) is 0 Å². The SMILES string of the molecule is c1ccc(-n2c3ccccc3c3ccc4c(c5ccccc5n4-c4cccc(-c5ccc6c7ccccc7n(-c7cccc8ccccc78)c6c5)c4)c32)cc1. The highest BCUT2D eigenvalue weighted by molar-refractivity contribution is 6.26. The molecule has 9 aromatic carbocycles. The molecule has 3 nitrogen and oxygen atoms in total. The van der Waals surface area contributed by atoms with E-state index < -0.39 is 0 Å². The van der Waals surface area contributed by atoms with E-state index >= 15 is 0 Å². The Bertz CT molecular complexity index is 3480. The molecule has 0 N–H and O–H groups in total. The van der Waals surface area contributed by atoms with Crippen LogP contribution in [0.1, 0.15) is 0 Å². The summed E-state index contributed by atoms with van der Waals surface area (Å²) < 4.78 is 7.35. The second-order valence-electron chi connectivity index (χ2n) is 14.5. The van der Waals surface area contributed by atoms with Gasteiger partial charge >= 0.3 is 0 Å². The monoisotopic (exact) mass is 699 g/mol. The predicted molar refractivity (Wildman–Crippen MR) is 232 cm³/mol. The van der Waals surface area contributed by atoms with Gasteiger partial charge in [-0.05, 0) is 77.2 Å². The Labute approximate surface area is 317 Å². The molecule has 55 heavy (non-hydrogen) atoms. The van der Waals surface area contributed by atoms with Gasteiger partial charge in [0.1, 0.15) is 0 Å². The van der Waals surface area contributed by atoms with Crippen LogP contribution in [0.15, 0.2) is 200 Å². The van der Waals surface area contributed by atoms with Crippen LogP contribution >= 0.6 is 0 Å². The third kappa shape index (κ3) is 4.32. The minimum Gasteiger partial charge on any atom is -0.309 e. The van der Waals surface area contributed by atoms with Gasteiger partial charge in [0.25, 0.3) is 0 Å². The highest BCUT2D eigenvalue weighted by atomic mass is 15.0. The zero-order valence-electron chi connectivity index (χ0n) is 29.9.